The zero-order chi connectivity index (χ0) is 30.1. The highest BCUT2D eigenvalue weighted by Gasteiger charge is 2.32. The van der Waals surface area contributed by atoms with Gasteiger partial charge in [0.15, 0.2) is 11.3 Å². The number of halogens is 5. The SMILES string of the molecule is O=C(NCc1ccc(C(F)(F)F)nc1)c1cn(CCCCc2cc3c(-c4ccc(F)cc4F)c(C4CC4)[nH]c3nn2)nn1. The molecule has 222 valence electrons. The van der Waals surface area contributed by atoms with E-state index in [1.54, 1.807) is 0 Å². The number of pyridine rings is 1. The van der Waals surface area contributed by atoms with E-state index in [-0.39, 0.29) is 18.2 Å². The molecule has 4 aromatic heterocycles. The van der Waals surface area contributed by atoms with Crippen molar-refractivity contribution in [3.8, 4) is 11.1 Å². The molecular formula is C29H25F5N8O. The second kappa shape index (κ2) is 11.5. The van der Waals surface area contributed by atoms with Crippen molar-refractivity contribution in [1.82, 2.24) is 40.5 Å². The number of fused-ring (bicyclic) bond motifs is 1. The zero-order valence-corrected chi connectivity index (χ0v) is 22.6. The predicted octanol–water partition coefficient (Wildman–Crippen LogP) is 5.74. The third-order valence-electron chi connectivity index (χ3n) is 7.23. The molecule has 0 saturated heterocycles. The van der Waals surface area contributed by atoms with Gasteiger partial charge in [-0.05, 0) is 67.9 Å². The number of amides is 1. The number of carbonyl (C=O) groups is 1. The molecule has 0 bridgehead atoms. The molecule has 1 aliphatic rings. The largest absolute Gasteiger partial charge is 0.433 e. The molecule has 0 aliphatic heterocycles. The van der Waals surface area contributed by atoms with Crippen LogP contribution in [0.3, 0.4) is 0 Å². The number of aromatic amines is 1. The Morgan fingerprint density at radius 2 is 1.88 bits per heavy atom. The van der Waals surface area contributed by atoms with Gasteiger partial charge in [-0.25, -0.2) is 8.78 Å². The molecule has 2 N–H and O–H groups in total. The lowest BCUT2D eigenvalue weighted by Gasteiger charge is -2.07. The molecule has 1 aromatic carbocycles. The summed E-state index contributed by atoms with van der Waals surface area (Å²) in [7, 11) is 0. The first-order valence-corrected chi connectivity index (χ1v) is 13.7. The van der Waals surface area contributed by atoms with Crippen molar-refractivity contribution in [1.29, 1.82) is 0 Å². The number of rotatable bonds is 10. The molecule has 5 aromatic rings. The third kappa shape index (κ3) is 6.37. The highest BCUT2D eigenvalue weighted by Crippen LogP contribution is 2.47. The fourth-order valence-corrected chi connectivity index (χ4v) is 4.89. The average Bonchev–Trinajstić information content (AvgIpc) is 3.60. The Morgan fingerprint density at radius 3 is 2.60 bits per heavy atom. The Morgan fingerprint density at radius 1 is 1.05 bits per heavy atom. The number of benzene rings is 1. The van der Waals surface area contributed by atoms with Crippen LogP contribution in [0.15, 0.2) is 48.8 Å². The monoisotopic (exact) mass is 596 g/mol. The number of unbranched alkanes of at least 4 members (excludes halogenated alkanes) is 1. The van der Waals surface area contributed by atoms with Gasteiger partial charge in [-0.2, -0.15) is 18.3 Å². The zero-order valence-electron chi connectivity index (χ0n) is 22.6. The first-order chi connectivity index (χ1) is 20.7. The molecule has 1 fully saturated rings. The minimum atomic E-state index is -4.53. The smallest absolute Gasteiger partial charge is 0.346 e. The maximum atomic E-state index is 14.8. The molecule has 1 saturated carbocycles. The van der Waals surface area contributed by atoms with E-state index in [4.69, 9.17) is 0 Å². The van der Waals surface area contributed by atoms with Crippen LogP contribution in [-0.4, -0.2) is 41.1 Å². The van der Waals surface area contributed by atoms with Gasteiger partial charge in [0, 0.05) is 47.6 Å². The number of nitrogens with zero attached hydrogens (tertiary/aromatic N) is 6. The van der Waals surface area contributed by atoms with E-state index in [9.17, 15) is 26.7 Å². The van der Waals surface area contributed by atoms with Crippen LogP contribution >= 0.6 is 0 Å². The van der Waals surface area contributed by atoms with Crippen LogP contribution < -0.4 is 5.32 Å². The van der Waals surface area contributed by atoms with Crippen LogP contribution in [0.5, 0.6) is 0 Å². The Kier molecular flexibility index (Phi) is 7.59. The summed E-state index contributed by atoms with van der Waals surface area (Å²) in [5, 5.41) is 19.8. The number of hydrogen-bond acceptors (Lipinski definition) is 6. The van der Waals surface area contributed by atoms with E-state index >= 15 is 0 Å². The lowest BCUT2D eigenvalue weighted by Crippen LogP contribution is -2.23. The van der Waals surface area contributed by atoms with E-state index in [0.717, 1.165) is 54.4 Å². The van der Waals surface area contributed by atoms with Crippen molar-refractivity contribution in [2.75, 3.05) is 0 Å². The Hall–Kier alpha value is -4.75. The number of alkyl halides is 3. The van der Waals surface area contributed by atoms with Crippen LogP contribution in [-0.2, 0) is 25.7 Å². The van der Waals surface area contributed by atoms with Crippen molar-refractivity contribution in [3.63, 3.8) is 0 Å². The Bertz CT molecular complexity index is 1780. The van der Waals surface area contributed by atoms with Gasteiger partial charge in [0.1, 0.15) is 17.3 Å². The highest BCUT2D eigenvalue weighted by molar-refractivity contribution is 5.96. The van der Waals surface area contributed by atoms with Gasteiger partial charge in [0.2, 0.25) is 0 Å². The number of nitrogens with one attached hydrogen (secondary N) is 2. The van der Waals surface area contributed by atoms with Crippen LogP contribution in [0.25, 0.3) is 22.2 Å². The molecule has 6 rings (SSSR count). The minimum Gasteiger partial charge on any atom is -0.346 e. The fourth-order valence-electron chi connectivity index (χ4n) is 4.89. The minimum absolute atomic E-state index is 0.0129. The number of hydrogen-bond donors (Lipinski definition) is 2. The van der Waals surface area contributed by atoms with Gasteiger partial charge < -0.3 is 10.3 Å². The number of aromatic nitrogens is 7. The number of aryl methyl sites for hydroxylation is 2. The number of H-pyrrole nitrogens is 1. The van der Waals surface area contributed by atoms with E-state index in [0.29, 0.717) is 41.7 Å². The van der Waals surface area contributed by atoms with Crippen LogP contribution in [0.4, 0.5) is 22.0 Å². The standard InChI is InChI=1S/C29H25F5N8O/c30-18-7-8-20(22(31)11-18)25-21-12-19(38-40-27(21)37-26(25)17-5-6-17)3-1-2-10-42-15-23(39-41-42)28(43)36-14-16-4-9-24(35-13-16)29(32,33)34/h4,7-9,11-13,15,17H,1-3,5-6,10,14H2,(H,36,43)(H,37,40). The first kappa shape index (κ1) is 28.4. The van der Waals surface area contributed by atoms with Gasteiger partial charge in [-0.3, -0.25) is 14.5 Å². The lowest BCUT2D eigenvalue weighted by atomic mass is 9.99. The molecule has 1 amide bonds. The molecule has 0 spiro atoms. The molecule has 0 unspecified atom stereocenters. The van der Waals surface area contributed by atoms with Crippen molar-refractivity contribution in [2.45, 2.75) is 57.3 Å². The van der Waals surface area contributed by atoms with Gasteiger partial charge >= 0.3 is 6.18 Å². The van der Waals surface area contributed by atoms with Crippen LogP contribution in [0.1, 0.15) is 64.7 Å². The summed E-state index contributed by atoms with van der Waals surface area (Å²) in [5.41, 5.74) is 2.71. The second-order valence-corrected chi connectivity index (χ2v) is 10.5. The quantitative estimate of drug-likeness (QED) is 0.157. The second-order valence-electron chi connectivity index (χ2n) is 10.5. The average molecular weight is 597 g/mol. The molecule has 14 heteroatoms. The predicted molar refractivity (Wildman–Crippen MR) is 145 cm³/mol. The van der Waals surface area contributed by atoms with E-state index < -0.39 is 29.4 Å². The molecule has 9 nitrogen and oxygen atoms in total. The summed E-state index contributed by atoms with van der Waals surface area (Å²) in [6.45, 7) is 0.474. The van der Waals surface area contributed by atoms with E-state index in [1.807, 2.05) is 6.07 Å². The van der Waals surface area contributed by atoms with Crippen molar-refractivity contribution in [2.24, 2.45) is 0 Å². The van der Waals surface area contributed by atoms with E-state index in [2.05, 4.69) is 35.8 Å². The summed E-state index contributed by atoms with van der Waals surface area (Å²) in [6, 6.07) is 7.59. The van der Waals surface area contributed by atoms with E-state index in [1.165, 1.54) is 29.1 Å². The lowest BCUT2D eigenvalue weighted by molar-refractivity contribution is -0.141. The van der Waals surface area contributed by atoms with Gasteiger partial charge in [0.05, 0.1) is 11.9 Å². The van der Waals surface area contributed by atoms with Gasteiger partial charge in [-0.15, -0.1) is 10.2 Å². The molecule has 0 atom stereocenters. The molecular weight excluding hydrogens is 571 g/mol. The maximum Gasteiger partial charge on any atom is 0.433 e. The van der Waals surface area contributed by atoms with Crippen LogP contribution in [0.2, 0.25) is 0 Å². The summed E-state index contributed by atoms with van der Waals surface area (Å²) in [5.74, 6) is -1.49. The summed E-state index contributed by atoms with van der Waals surface area (Å²) in [6.07, 6.45) is 2.03. The van der Waals surface area contributed by atoms with Gasteiger partial charge in [0.25, 0.3) is 5.91 Å². The first-order valence-electron chi connectivity index (χ1n) is 13.7. The molecule has 0 radical (unpaired) electrons. The fraction of sp³-hybridized carbons (Fsp3) is 0.310. The summed E-state index contributed by atoms with van der Waals surface area (Å²) in [4.78, 5) is 19.1. The maximum absolute atomic E-state index is 14.8. The topological polar surface area (TPSA) is 114 Å². The summed E-state index contributed by atoms with van der Waals surface area (Å²) < 4.78 is 67.9. The highest BCUT2D eigenvalue weighted by atomic mass is 19.4. The van der Waals surface area contributed by atoms with Crippen molar-refractivity contribution in [3.05, 3.63) is 88.8 Å². The Labute approximate surface area is 241 Å². The molecule has 4 heterocycles. The van der Waals surface area contributed by atoms with Crippen LogP contribution in [0, 0.1) is 11.6 Å². The molecule has 43 heavy (non-hydrogen) atoms. The molecule has 1 aliphatic carbocycles. The Balaban J connectivity index is 1.04. The van der Waals surface area contributed by atoms with Gasteiger partial charge in [-0.1, -0.05) is 11.3 Å². The normalized spacial score (nSPS) is 13.5. The van der Waals surface area contributed by atoms with Crippen molar-refractivity contribution < 1.29 is 26.7 Å². The van der Waals surface area contributed by atoms with Crippen molar-refractivity contribution >= 4 is 16.9 Å². The third-order valence-corrected chi connectivity index (χ3v) is 7.23. The number of carbonyl (C=O) groups excluding carboxylic acids is 1. The summed E-state index contributed by atoms with van der Waals surface area (Å²) >= 11 is 0.